The van der Waals surface area contributed by atoms with E-state index in [-0.39, 0.29) is 22.6 Å². The topological polar surface area (TPSA) is 96.0 Å². The highest BCUT2D eigenvalue weighted by Crippen LogP contribution is 2.29. The van der Waals surface area contributed by atoms with Crippen LogP contribution in [-0.4, -0.2) is 50.8 Å². The maximum absolute atomic E-state index is 13.0. The fourth-order valence-electron chi connectivity index (χ4n) is 4.57. The van der Waals surface area contributed by atoms with Crippen molar-refractivity contribution in [2.75, 3.05) is 36.5 Å². The molecule has 0 radical (unpaired) electrons. The molecule has 2 saturated heterocycles. The van der Waals surface area contributed by atoms with Crippen LogP contribution < -0.4 is 15.0 Å². The van der Waals surface area contributed by atoms with Gasteiger partial charge in [-0.05, 0) is 81.1 Å². The Bertz CT molecular complexity index is 1160. The second-order valence-electron chi connectivity index (χ2n) is 8.72. The number of amides is 2. The second-order valence-corrected chi connectivity index (χ2v) is 10.7. The Morgan fingerprint density at radius 1 is 1.09 bits per heavy atom. The Morgan fingerprint density at radius 2 is 1.79 bits per heavy atom. The van der Waals surface area contributed by atoms with Crippen LogP contribution in [0.15, 0.2) is 47.4 Å². The fourth-order valence-corrected chi connectivity index (χ4v) is 6.03. The van der Waals surface area contributed by atoms with Crippen LogP contribution in [0.2, 0.25) is 0 Å². The van der Waals surface area contributed by atoms with Crippen molar-refractivity contribution in [3.63, 3.8) is 0 Å². The van der Waals surface area contributed by atoms with Gasteiger partial charge in [-0.3, -0.25) is 9.59 Å². The SMILES string of the molecule is CCOc1ccc(S(=O)(=O)N2CCC(C(=O)Nc3ccc(N4CCCC4=O)c(C)c3)CC2)cc1. The van der Waals surface area contributed by atoms with Crippen molar-refractivity contribution in [2.45, 2.75) is 44.4 Å². The lowest BCUT2D eigenvalue weighted by Gasteiger charge is -2.30. The van der Waals surface area contributed by atoms with Gasteiger partial charge in [0.2, 0.25) is 21.8 Å². The van der Waals surface area contributed by atoms with Gasteiger partial charge >= 0.3 is 0 Å². The first-order valence-electron chi connectivity index (χ1n) is 11.7. The third-order valence-electron chi connectivity index (χ3n) is 6.43. The van der Waals surface area contributed by atoms with E-state index in [1.807, 2.05) is 32.0 Å². The Balaban J connectivity index is 1.34. The van der Waals surface area contributed by atoms with Crippen LogP contribution in [0.1, 0.15) is 38.2 Å². The van der Waals surface area contributed by atoms with Crippen molar-refractivity contribution in [1.29, 1.82) is 0 Å². The van der Waals surface area contributed by atoms with E-state index < -0.39 is 10.0 Å². The van der Waals surface area contributed by atoms with Crippen molar-refractivity contribution in [2.24, 2.45) is 5.92 Å². The van der Waals surface area contributed by atoms with Gasteiger partial charge in [-0.15, -0.1) is 0 Å². The summed E-state index contributed by atoms with van der Waals surface area (Å²) in [5, 5.41) is 2.96. The number of carbonyl (C=O) groups is 2. The molecular weight excluding hydrogens is 454 g/mol. The minimum atomic E-state index is -3.61. The van der Waals surface area contributed by atoms with Gasteiger partial charge in [-0.1, -0.05) is 0 Å². The summed E-state index contributed by atoms with van der Waals surface area (Å²) in [6.07, 6.45) is 2.36. The third kappa shape index (κ3) is 5.10. The van der Waals surface area contributed by atoms with E-state index in [2.05, 4.69) is 5.32 Å². The van der Waals surface area contributed by atoms with Crippen molar-refractivity contribution < 1.29 is 22.7 Å². The molecule has 2 fully saturated rings. The number of hydrogen-bond acceptors (Lipinski definition) is 5. The van der Waals surface area contributed by atoms with Gasteiger partial charge in [0.05, 0.1) is 11.5 Å². The summed E-state index contributed by atoms with van der Waals surface area (Å²) in [5.41, 5.74) is 2.50. The molecule has 9 heteroatoms. The number of nitrogens with zero attached hydrogens (tertiary/aromatic N) is 2. The summed E-state index contributed by atoms with van der Waals surface area (Å²) >= 11 is 0. The number of nitrogens with one attached hydrogen (secondary N) is 1. The normalized spacial score (nSPS) is 17.7. The van der Waals surface area contributed by atoms with Crippen LogP contribution in [0.3, 0.4) is 0 Å². The molecule has 182 valence electrons. The number of hydrogen-bond donors (Lipinski definition) is 1. The second kappa shape index (κ2) is 10.1. The lowest BCUT2D eigenvalue weighted by Crippen LogP contribution is -2.41. The predicted octanol–water partition coefficient (Wildman–Crippen LogP) is 3.56. The van der Waals surface area contributed by atoms with Crippen LogP contribution in [0.25, 0.3) is 0 Å². The lowest BCUT2D eigenvalue weighted by atomic mass is 9.97. The highest BCUT2D eigenvalue weighted by molar-refractivity contribution is 7.89. The Morgan fingerprint density at radius 3 is 2.38 bits per heavy atom. The number of sulfonamides is 1. The summed E-state index contributed by atoms with van der Waals surface area (Å²) in [5.74, 6) is 0.397. The average molecular weight is 486 g/mol. The number of benzene rings is 2. The largest absolute Gasteiger partial charge is 0.494 e. The van der Waals surface area contributed by atoms with Crippen LogP contribution in [0.5, 0.6) is 5.75 Å². The zero-order valence-electron chi connectivity index (χ0n) is 19.6. The zero-order valence-corrected chi connectivity index (χ0v) is 20.4. The van der Waals surface area contributed by atoms with E-state index in [0.717, 1.165) is 24.2 Å². The molecule has 2 aliphatic heterocycles. The molecule has 0 atom stereocenters. The zero-order chi connectivity index (χ0) is 24.3. The Kier molecular flexibility index (Phi) is 7.23. The van der Waals surface area contributed by atoms with Gasteiger partial charge < -0.3 is 15.0 Å². The number of anilines is 2. The summed E-state index contributed by atoms with van der Waals surface area (Å²) in [6.45, 7) is 5.64. The highest BCUT2D eigenvalue weighted by atomic mass is 32.2. The van der Waals surface area contributed by atoms with E-state index in [1.54, 1.807) is 29.2 Å². The summed E-state index contributed by atoms with van der Waals surface area (Å²) in [6, 6.07) is 12.0. The average Bonchev–Trinajstić information content (AvgIpc) is 3.25. The van der Waals surface area contributed by atoms with Gasteiger partial charge in [0.15, 0.2) is 0 Å². The van der Waals surface area contributed by atoms with Gasteiger partial charge in [0.1, 0.15) is 5.75 Å². The fraction of sp³-hybridized carbons (Fsp3) is 0.440. The summed E-state index contributed by atoms with van der Waals surface area (Å²) < 4.78 is 32.8. The van der Waals surface area contributed by atoms with Gasteiger partial charge in [-0.2, -0.15) is 4.31 Å². The standard InChI is InChI=1S/C25H31N3O5S/c1-3-33-21-7-9-22(10-8-21)34(31,32)27-15-12-19(13-16-27)25(30)26-20-6-11-23(18(2)17-20)28-14-4-5-24(28)29/h6-11,17,19H,3-5,12-16H2,1-2H3,(H,26,30). The molecule has 4 rings (SSSR count). The maximum atomic E-state index is 13.0. The molecule has 0 unspecified atom stereocenters. The number of piperidine rings is 1. The molecule has 0 saturated carbocycles. The molecule has 8 nitrogen and oxygen atoms in total. The lowest BCUT2D eigenvalue weighted by molar-refractivity contribution is -0.121. The van der Waals surface area contributed by atoms with Crippen LogP contribution in [-0.2, 0) is 19.6 Å². The number of carbonyl (C=O) groups excluding carboxylic acids is 2. The van der Waals surface area contributed by atoms with E-state index in [9.17, 15) is 18.0 Å². The van der Waals surface area contributed by atoms with Crippen molar-refractivity contribution in [3.8, 4) is 5.75 Å². The third-order valence-corrected chi connectivity index (χ3v) is 8.34. The monoisotopic (exact) mass is 485 g/mol. The van der Waals surface area contributed by atoms with Gasteiger partial charge in [0, 0.05) is 43.3 Å². The van der Waals surface area contributed by atoms with E-state index >= 15 is 0 Å². The molecule has 1 N–H and O–H groups in total. The number of rotatable bonds is 7. The molecule has 2 aliphatic rings. The van der Waals surface area contributed by atoms with E-state index in [0.29, 0.717) is 50.4 Å². The first kappa shape index (κ1) is 24.2. The number of aryl methyl sites for hydroxylation is 1. The van der Waals surface area contributed by atoms with E-state index in [4.69, 9.17) is 4.74 Å². The molecule has 2 aromatic rings. The Hall–Kier alpha value is -2.91. The number of ether oxygens (including phenoxy) is 1. The molecule has 0 aromatic heterocycles. The summed E-state index contributed by atoms with van der Waals surface area (Å²) in [4.78, 5) is 26.9. The predicted molar refractivity (Wildman–Crippen MR) is 130 cm³/mol. The molecule has 34 heavy (non-hydrogen) atoms. The van der Waals surface area contributed by atoms with E-state index in [1.165, 1.54) is 4.31 Å². The van der Waals surface area contributed by atoms with Crippen LogP contribution in [0, 0.1) is 12.8 Å². The first-order chi connectivity index (χ1) is 16.3. The smallest absolute Gasteiger partial charge is 0.243 e. The highest BCUT2D eigenvalue weighted by Gasteiger charge is 2.32. The molecule has 0 bridgehead atoms. The molecule has 2 heterocycles. The minimum absolute atomic E-state index is 0.109. The molecule has 0 aliphatic carbocycles. The van der Waals surface area contributed by atoms with Gasteiger partial charge in [-0.25, -0.2) is 8.42 Å². The van der Waals surface area contributed by atoms with Gasteiger partial charge in [0.25, 0.3) is 0 Å². The van der Waals surface area contributed by atoms with Crippen molar-refractivity contribution in [3.05, 3.63) is 48.0 Å². The van der Waals surface area contributed by atoms with Crippen molar-refractivity contribution in [1.82, 2.24) is 4.31 Å². The quantitative estimate of drug-likeness (QED) is 0.647. The molecular formula is C25H31N3O5S. The Labute approximate surface area is 200 Å². The van der Waals surface area contributed by atoms with Crippen LogP contribution >= 0.6 is 0 Å². The molecule has 2 aromatic carbocycles. The van der Waals surface area contributed by atoms with Crippen molar-refractivity contribution >= 4 is 33.2 Å². The first-order valence-corrected chi connectivity index (χ1v) is 13.2. The minimum Gasteiger partial charge on any atom is -0.494 e. The maximum Gasteiger partial charge on any atom is 0.243 e. The molecule has 0 spiro atoms. The molecule has 2 amide bonds. The summed E-state index contributed by atoms with van der Waals surface area (Å²) in [7, 11) is -3.61. The van der Waals surface area contributed by atoms with Crippen LogP contribution in [0.4, 0.5) is 11.4 Å².